The van der Waals surface area contributed by atoms with Crippen molar-refractivity contribution >= 4 is 31.8 Å². The van der Waals surface area contributed by atoms with Crippen molar-refractivity contribution in [1.29, 1.82) is 0 Å². The molecule has 1 aliphatic carbocycles. The number of carbonyl (C=O) groups is 2. The summed E-state index contributed by atoms with van der Waals surface area (Å²) in [6.45, 7) is 10.4. The molecule has 0 aliphatic heterocycles. The van der Waals surface area contributed by atoms with Crippen LogP contribution in [-0.4, -0.2) is 37.9 Å². The number of rotatable bonds is 7. The number of carboxylic acids is 1. The topological polar surface area (TPSA) is 75.6 Å². The summed E-state index contributed by atoms with van der Waals surface area (Å²) in [4.78, 5) is 24.5. The van der Waals surface area contributed by atoms with Gasteiger partial charge in [-0.25, -0.2) is 4.79 Å². The summed E-state index contributed by atoms with van der Waals surface area (Å²) in [5, 5.41) is 12.7. The van der Waals surface area contributed by atoms with Gasteiger partial charge in [0.05, 0.1) is 12.0 Å². The maximum Gasteiger partial charge on any atom is 0.328 e. The molecule has 7 heteroatoms. The maximum atomic E-state index is 12.8. The van der Waals surface area contributed by atoms with Crippen molar-refractivity contribution in [3.8, 4) is 0 Å². The number of hydrogen-bond acceptors (Lipinski definition) is 3. The molecule has 0 heterocycles. The maximum absolute atomic E-state index is 12.8. The van der Waals surface area contributed by atoms with Crippen LogP contribution >= 0.6 is 11.6 Å². The Bertz CT molecular complexity index is 695. The van der Waals surface area contributed by atoms with Crippen molar-refractivity contribution in [3.05, 3.63) is 34.9 Å². The van der Waals surface area contributed by atoms with E-state index < -0.39 is 25.7 Å². The van der Waals surface area contributed by atoms with Gasteiger partial charge >= 0.3 is 5.97 Å². The quantitative estimate of drug-likeness (QED) is 0.682. The zero-order valence-electron chi connectivity index (χ0n) is 16.1. The van der Waals surface area contributed by atoms with Gasteiger partial charge in [0, 0.05) is 5.02 Å². The molecule has 5 nitrogen and oxygen atoms in total. The van der Waals surface area contributed by atoms with E-state index >= 15 is 0 Å². The number of carbonyl (C=O) groups excluding carboxylic acids is 1. The molecule has 1 fully saturated rings. The molecule has 1 saturated carbocycles. The summed E-state index contributed by atoms with van der Waals surface area (Å²) >= 11 is 6.04. The first-order valence-electron chi connectivity index (χ1n) is 8.83. The van der Waals surface area contributed by atoms with E-state index in [0.29, 0.717) is 17.9 Å². The fourth-order valence-corrected chi connectivity index (χ4v) is 3.74. The van der Waals surface area contributed by atoms with E-state index in [1.54, 1.807) is 18.2 Å². The molecule has 0 aromatic heterocycles. The summed E-state index contributed by atoms with van der Waals surface area (Å²) in [5.41, 5.74) is 0.159. The molecular formula is C19H28ClNO4Si. The van der Waals surface area contributed by atoms with Crippen LogP contribution in [0.4, 0.5) is 0 Å². The minimum absolute atomic E-state index is 0.0246. The summed E-state index contributed by atoms with van der Waals surface area (Å²) in [5.74, 6) is -1.36. The predicted octanol–water partition coefficient (Wildman–Crippen LogP) is 3.96. The van der Waals surface area contributed by atoms with Crippen LogP contribution in [-0.2, 0) is 19.4 Å². The summed E-state index contributed by atoms with van der Waals surface area (Å²) in [6.07, 6.45) is 1.38. The summed E-state index contributed by atoms with van der Waals surface area (Å²) < 4.78 is 6.00. The fraction of sp³-hybridized carbons (Fsp3) is 0.579. The highest BCUT2D eigenvalue weighted by atomic mass is 35.5. The normalized spacial score (nSPS) is 17.5. The van der Waals surface area contributed by atoms with Crippen molar-refractivity contribution in [2.45, 2.75) is 63.2 Å². The van der Waals surface area contributed by atoms with E-state index in [4.69, 9.17) is 16.0 Å². The Hall–Kier alpha value is -1.37. The van der Waals surface area contributed by atoms with Crippen molar-refractivity contribution < 1.29 is 19.1 Å². The van der Waals surface area contributed by atoms with Crippen molar-refractivity contribution in [2.24, 2.45) is 0 Å². The lowest BCUT2D eigenvalue weighted by Gasteiger charge is -2.37. The number of halogens is 1. The highest BCUT2D eigenvalue weighted by Crippen LogP contribution is 2.49. The molecule has 0 spiro atoms. The van der Waals surface area contributed by atoms with Crippen LogP contribution < -0.4 is 5.32 Å². The number of carboxylic acid groups (broad SMARTS) is 1. The fourth-order valence-electron chi connectivity index (χ4n) is 2.54. The highest BCUT2D eigenvalue weighted by Gasteiger charge is 2.52. The smallest absolute Gasteiger partial charge is 0.328 e. The van der Waals surface area contributed by atoms with Crippen LogP contribution in [0, 0.1) is 0 Å². The molecule has 26 heavy (non-hydrogen) atoms. The van der Waals surface area contributed by atoms with E-state index in [1.165, 1.54) is 0 Å². The van der Waals surface area contributed by atoms with Gasteiger partial charge in [0.15, 0.2) is 8.32 Å². The lowest BCUT2D eigenvalue weighted by Crippen LogP contribution is -2.51. The van der Waals surface area contributed by atoms with Crippen molar-refractivity contribution in [2.75, 3.05) is 6.61 Å². The van der Waals surface area contributed by atoms with Gasteiger partial charge in [-0.15, -0.1) is 0 Å². The number of aliphatic carboxylic acids is 1. The zero-order valence-corrected chi connectivity index (χ0v) is 17.8. The second-order valence-electron chi connectivity index (χ2n) is 8.53. The third kappa shape index (κ3) is 4.48. The first-order valence-corrected chi connectivity index (χ1v) is 12.1. The molecule has 1 amide bonds. The van der Waals surface area contributed by atoms with Crippen LogP contribution in [0.2, 0.25) is 23.2 Å². The van der Waals surface area contributed by atoms with Gasteiger partial charge in [0.2, 0.25) is 5.91 Å². The Kier molecular flexibility index (Phi) is 5.90. The monoisotopic (exact) mass is 397 g/mol. The summed E-state index contributed by atoms with van der Waals surface area (Å²) in [6, 6.07) is 6.14. The third-order valence-electron chi connectivity index (χ3n) is 5.58. The molecule has 1 aromatic carbocycles. The predicted molar refractivity (Wildman–Crippen MR) is 105 cm³/mol. The van der Waals surface area contributed by atoms with Gasteiger partial charge in [0.25, 0.3) is 0 Å². The van der Waals surface area contributed by atoms with E-state index in [0.717, 1.165) is 5.56 Å². The van der Waals surface area contributed by atoms with Crippen LogP contribution in [0.25, 0.3) is 0 Å². The van der Waals surface area contributed by atoms with Gasteiger partial charge in [-0.2, -0.15) is 0 Å². The van der Waals surface area contributed by atoms with Gasteiger partial charge < -0.3 is 14.8 Å². The molecule has 0 unspecified atom stereocenters. The van der Waals surface area contributed by atoms with E-state index in [-0.39, 0.29) is 17.6 Å². The lowest BCUT2D eigenvalue weighted by atomic mass is 9.94. The number of nitrogens with one attached hydrogen (secondary N) is 1. The lowest BCUT2D eigenvalue weighted by molar-refractivity contribution is -0.143. The van der Waals surface area contributed by atoms with Gasteiger partial charge in [-0.3, -0.25) is 4.79 Å². The van der Waals surface area contributed by atoms with E-state index in [2.05, 4.69) is 39.2 Å². The first kappa shape index (κ1) is 20.9. The SMILES string of the molecule is CC(C)(C)[Si](C)(C)OC[C@H](NC(=O)C1(c2cccc(Cl)c2)CC1)C(=O)O. The minimum Gasteiger partial charge on any atom is -0.480 e. The Labute approximate surface area is 161 Å². The van der Waals surface area contributed by atoms with Crippen molar-refractivity contribution in [1.82, 2.24) is 5.32 Å². The highest BCUT2D eigenvalue weighted by molar-refractivity contribution is 6.74. The van der Waals surface area contributed by atoms with Crippen molar-refractivity contribution in [3.63, 3.8) is 0 Å². The number of hydrogen-bond donors (Lipinski definition) is 2. The second-order valence-corrected chi connectivity index (χ2v) is 13.8. The van der Waals surface area contributed by atoms with Crippen LogP contribution in [0.5, 0.6) is 0 Å². The molecule has 144 valence electrons. The van der Waals surface area contributed by atoms with Crippen LogP contribution in [0.15, 0.2) is 24.3 Å². The standard InChI is InChI=1S/C19H28ClNO4Si/c1-18(2,3)26(4,5)25-12-15(16(22)23)21-17(24)19(9-10-19)13-7-6-8-14(20)11-13/h6-8,11,15H,9-10,12H2,1-5H3,(H,21,24)(H,22,23)/t15-/m0/s1. The van der Waals surface area contributed by atoms with Gasteiger partial charge in [-0.05, 0) is 48.7 Å². The van der Waals surface area contributed by atoms with Crippen LogP contribution in [0.3, 0.4) is 0 Å². The Morgan fingerprint density at radius 2 is 1.96 bits per heavy atom. The molecular weight excluding hydrogens is 370 g/mol. The molecule has 0 bridgehead atoms. The van der Waals surface area contributed by atoms with Gasteiger partial charge in [-0.1, -0.05) is 44.5 Å². The largest absolute Gasteiger partial charge is 0.480 e. The molecule has 1 aliphatic rings. The Morgan fingerprint density at radius 1 is 1.35 bits per heavy atom. The second kappa shape index (κ2) is 7.33. The minimum atomic E-state index is -2.10. The molecule has 0 radical (unpaired) electrons. The first-order chi connectivity index (χ1) is 11.9. The number of amides is 1. The van der Waals surface area contributed by atoms with Crippen LogP contribution in [0.1, 0.15) is 39.2 Å². The van der Waals surface area contributed by atoms with E-state index in [1.807, 2.05) is 6.07 Å². The zero-order chi connectivity index (χ0) is 19.8. The van der Waals surface area contributed by atoms with Gasteiger partial charge in [0.1, 0.15) is 6.04 Å². The molecule has 1 atom stereocenters. The Morgan fingerprint density at radius 3 is 2.42 bits per heavy atom. The molecule has 2 rings (SSSR count). The third-order valence-corrected chi connectivity index (χ3v) is 10.3. The average Bonchev–Trinajstić information content (AvgIpc) is 3.31. The summed E-state index contributed by atoms with van der Waals surface area (Å²) in [7, 11) is -2.10. The van der Waals surface area contributed by atoms with E-state index in [9.17, 15) is 14.7 Å². The number of benzene rings is 1. The molecule has 2 N–H and O–H groups in total. The Balaban J connectivity index is 2.08. The molecule has 1 aromatic rings. The average molecular weight is 398 g/mol. The molecule has 0 saturated heterocycles.